The van der Waals surface area contributed by atoms with Crippen LogP contribution in [0.2, 0.25) is 0 Å². The number of aryl methyl sites for hydroxylation is 1. The molecule has 32 heavy (non-hydrogen) atoms. The van der Waals surface area contributed by atoms with Gasteiger partial charge in [-0.05, 0) is 29.1 Å². The van der Waals surface area contributed by atoms with Gasteiger partial charge in [0.15, 0.2) is 6.61 Å². The zero-order valence-electron chi connectivity index (χ0n) is 17.2. The average Bonchev–Trinajstić information content (AvgIpc) is 3.53. The number of carbonyl (C=O) groups is 2. The summed E-state index contributed by atoms with van der Waals surface area (Å²) in [4.78, 5) is 30.9. The van der Waals surface area contributed by atoms with E-state index in [4.69, 9.17) is 9.26 Å². The number of aromatic nitrogens is 2. The van der Waals surface area contributed by atoms with E-state index in [2.05, 4.69) is 10.1 Å². The highest BCUT2D eigenvalue weighted by Gasteiger charge is 2.19. The molecule has 4 rings (SSSR count). The van der Waals surface area contributed by atoms with Crippen molar-refractivity contribution in [1.29, 1.82) is 0 Å². The molecule has 0 unspecified atom stereocenters. The molecule has 2 heterocycles. The molecule has 162 valence electrons. The first kappa shape index (κ1) is 21.5. The van der Waals surface area contributed by atoms with Crippen molar-refractivity contribution in [2.24, 2.45) is 0 Å². The molecule has 0 spiro atoms. The number of thiophene rings is 1. The number of ether oxygens (including phenoxy) is 1. The first-order chi connectivity index (χ1) is 15.7. The average molecular weight is 448 g/mol. The standard InChI is InChI=1S/C24H21N3O4S/c28-22(27(20-9-5-2-6-10-20)15-18-7-3-1-4-8-18)16-30-23(29)12-11-21-25-24(26-31-21)19-13-14-32-17-19/h1-10,13-14,17H,11-12,15-16H2. The van der Waals surface area contributed by atoms with Gasteiger partial charge < -0.3 is 14.2 Å². The minimum absolute atomic E-state index is 0.0442. The van der Waals surface area contributed by atoms with Gasteiger partial charge in [0.2, 0.25) is 11.7 Å². The van der Waals surface area contributed by atoms with Crippen LogP contribution in [0.4, 0.5) is 5.69 Å². The predicted octanol–water partition coefficient (Wildman–Crippen LogP) is 4.51. The molecule has 0 radical (unpaired) electrons. The lowest BCUT2D eigenvalue weighted by Gasteiger charge is -2.23. The van der Waals surface area contributed by atoms with Crippen molar-refractivity contribution in [1.82, 2.24) is 10.1 Å². The molecule has 0 N–H and O–H groups in total. The number of nitrogens with zero attached hydrogens (tertiary/aromatic N) is 3. The Hall–Kier alpha value is -3.78. The SMILES string of the molecule is O=C(CCc1nc(-c2ccsc2)no1)OCC(=O)N(Cc1ccccc1)c1ccccc1. The number of carbonyl (C=O) groups excluding carboxylic acids is 2. The number of anilines is 1. The van der Waals surface area contributed by atoms with Crippen molar-refractivity contribution in [2.45, 2.75) is 19.4 Å². The van der Waals surface area contributed by atoms with E-state index in [1.54, 1.807) is 16.2 Å². The highest BCUT2D eigenvalue weighted by Crippen LogP contribution is 2.19. The minimum atomic E-state index is -0.499. The summed E-state index contributed by atoms with van der Waals surface area (Å²) >= 11 is 1.54. The Morgan fingerprint density at radius 2 is 1.75 bits per heavy atom. The van der Waals surface area contributed by atoms with Gasteiger partial charge in [-0.3, -0.25) is 9.59 Å². The Balaban J connectivity index is 1.32. The fourth-order valence-electron chi connectivity index (χ4n) is 3.06. The maximum absolute atomic E-state index is 12.9. The van der Waals surface area contributed by atoms with Crippen molar-refractivity contribution < 1.29 is 18.8 Å². The van der Waals surface area contributed by atoms with Crippen molar-refractivity contribution in [3.8, 4) is 11.4 Å². The third-order valence-electron chi connectivity index (χ3n) is 4.70. The highest BCUT2D eigenvalue weighted by molar-refractivity contribution is 7.08. The van der Waals surface area contributed by atoms with Crippen LogP contribution in [0.15, 0.2) is 82.0 Å². The molecular formula is C24H21N3O4S. The zero-order valence-corrected chi connectivity index (χ0v) is 18.0. The predicted molar refractivity (Wildman–Crippen MR) is 121 cm³/mol. The summed E-state index contributed by atoms with van der Waals surface area (Å²) in [5.41, 5.74) is 2.59. The van der Waals surface area contributed by atoms with E-state index in [1.807, 2.05) is 77.5 Å². The van der Waals surface area contributed by atoms with Crippen molar-refractivity contribution in [3.63, 3.8) is 0 Å². The molecule has 0 bridgehead atoms. The molecular weight excluding hydrogens is 426 g/mol. The lowest BCUT2D eigenvalue weighted by Crippen LogP contribution is -2.34. The molecule has 0 aliphatic rings. The lowest BCUT2D eigenvalue weighted by atomic mass is 10.2. The summed E-state index contributed by atoms with van der Waals surface area (Å²) in [6, 6.07) is 20.9. The van der Waals surface area contributed by atoms with E-state index in [0.29, 0.717) is 18.3 Å². The third-order valence-corrected chi connectivity index (χ3v) is 5.38. The Bertz CT molecular complexity index is 1140. The quantitative estimate of drug-likeness (QED) is 0.351. The van der Waals surface area contributed by atoms with E-state index >= 15 is 0 Å². The second kappa shape index (κ2) is 10.5. The highest BCUT2D eigenvalue weighted by atomic mass is 32.1. The van der Waals surface area contributed by atoms with Crippen molar-refractivity contribution in [2.75, 3.05) is 11.5 Å². The molecule has 2 aromatic carbocycles. The smallest absolute Gasteiger partial charge is 0.306 e. The number of hydrogen-bond acceptors (Lipinski definition) is 7. The third kappa shape index (κ3) is 5.67. The molecule has 4 aromatic rings. The van der Waals surface area contributed by atoms with Crippen LogP contribution >= 0.6 is 11.3 Å². The first-order valence-corrected chi connectivity index (χ1v) is 11.0. The molecule has 0 fully saturated rings. The second-order valence-electron chi connectivity index (χ2n) is 6.99. The second-order valence-corrected chi connectivity index (χ2v) is 7.77. The van der Waals surface area contributed by atoms with Gasteiger partial charge in [0.25, 0.3) is 5.91 Å². The summed E-state index contributed by atoms with van der Waals surface area (Å²) < 4.78 is 10.4. The Morgan fingerprint density at radius 3 is 2.47 bits per heavy atom. The number of para-hydroxylation sites is 1. The van der Waals surface area contributed by atoms with Gasteiger partial charge in [-0.25, -0.2) is 0 Å². The molecule has 0 aliphatic carbocycles. The van der Waals surface area contributed by atoms with Gasteiger partial charge in [-0.15, -0.1) is 0 Å². The zero-order chi connectivity index (χ0) is 22.2. The van der Waals surface area contributed by atoms with Gasteiger partial charge in [-0.1, -0.05) is 53.7 Å². The minimum Gasteiger partial charge on any atom is -0.456 e. The van der Waals surface area contributed by atoms with Crippen LogP contribution in [0, 0.1) is 0 Å². The Morgan fingerprint density at radius 1 is 1.00 bits per heavy atom. The van der Waals surface area contributed by atoms with Crippen LogP contribution in [0.25, 0.3) is 11.4 Å². The topological polar surface area (TPSA) is 85.5 Å². The molecule has 8 heteroatoms. The van der Waals surface area contributed by atoms with Crippen LogP contribution in [0.3, 0.4) is 0 Å². The van der Waals surface area contributed by atoms with E-state index in [-0.39, 0.29) is 25.4 Å². The van der Waals surface area contributed by atoms with E-state index in [0.717, 1.165) is 16.8 Å². The van der Waals surface area contributed by atoms with Crippen LogP contribution in [-0.2, 0) is 27.3 Å². The molecule has 0 saturated carbocycles. The molecule has 0 atom stereocenters. The Labute approximate surface area is 189 Å². The van der Waals surface area contributed by atoms with Gasteiger partial charge in [0, 0.05) is 23.1 Å². The number of esters is 1. The van der Waals surface area contributed by atoms with Crippen LogP contribution in [-0.4, -0.2) is 28.6 Å². The maximum Gasteiger partial charge on any atom is 0.306 e. The molecule has 2 aromatic heterocycles. The van der Waals surface area contributed by atoms with Gasteiger partial charge in [-0.2, -0.15) is 16.3 Å². The molecule has 7 nitrogen and oxygen atoms in total. The fourth-order valence-corrected chi connectivity index (χ4v) is 3.70. The molecule has 0 aliphatic heterocycles. The number of benzene rings is 2. The largest absolute Gasteiger partial charge is 0.456 e. The number of amides is 1. The van der Waals surface area contributed by atoms with E-state index in [9.17, 15) is 9.59 Å². The lowest BCUT2D eigenvalue weighted by molar-refractivity contribution is -0.147. The summed E-state index contributed by atoms with van der Waals surface area (Å²) in [6.07, 6.45) is 0.291. The summed E-state index contributed by atoms with van der Waals surface area (Å²) in [6.45, 7) is 0.0408. The van der Waals surface area contributed by atoms with Gasteiger partial charge >= 0.3 is 5.97 Å². The molecule has 0 saturated heterocycles. The van der Waals surface area contributed by atoms with Crippen LogP contribution in [0.1, 0.15) is 17.9 Å². The monoisotopic (exact) mass is 447 g/mol. The van der Waals surface area contributed by atoms with E-state index in [1.165, 1.54) is 0 Å². The summed E-state index contributed by atoms with van der Waals surface area (Å²) in [7, 11) is 0. The fraction of sp³-hybridized carbons (Fsp3) is 0.167. The van der Waals surface area contributed by atoms with Gasteiger partial charge in [0.1, 0.15) is 0 Å². The summed E-state index contributed by atoms with van der Waals surface area (Å²) in [5, 5.41) is 7.76. The van der Waals surface area contributed by atoms with Crippen LogP contribution in [0.5, 0.6) is 0 Å². The maximum atomic E-state index is 12.9. The van der Waals surface area contributed by atoms with E-state index < -0.39 is 5.97 Å². The van der Waals surface area contributed by atoms with Gasteiger partial charge in [0.05, 0.1) is 13.0 Å². The van der Waals surface area contributed by atoms with Crippen molar-refractivity contribution >= 4 is 28.9 Å². The molecule has 1 amide bonds. The Kier molecular flexibility index (Phi) is 7.04. The van der Waals surface area contributed by atoms with Crippen molar-refractivity contribution in [3.05, 3.63) is 88.9 Å². The normalized spacial score (nSPS) is 10.6. The number of hydrogen-bond donors (Lipinski definition) is 0. The van der Waals surface area contributed by atoms with Crippen LogP contribution < -0.4 is 4.90 Å². The number of rotatable bonds is 9. The summed E-state index contributed by atoms with van der Waals surface area (Å²) in [5.74, 6) is 0.0426. The first-order valence-electron chi connectivity index (χ1n) is 10.1.